The maximum absolute atomic E-state index is 5.31. The van der Waals surface area contributed by atoms with Gasteiger partial charge in [0.25, 0.3) is 0 Å². The van der Waals surface area contributed by atoms with Gasteiger partial charge in [-0.15, -0.1) is 21.5 Å². The van der Waals surface area contributed by atoms with Crippen LogP contribution >= 0.6 is 23.1 Å². The molecule has 3 rings (SSSR count). The fraction of sp³-hybridized carbons (Fsp3) is 0.400. The van der Waals surface area contributed by atoms with Crippen molar-refractivity contribution in [3.8, 4) is 17.1 Å². The Morgan fingerprint density at radius 2 is 2.08 bits per heavy atom. The SMILES string of the molecule is CCCn1c(SCc2cccc(OC)c2)nnc1-c1csc(C(C)C)c1. The molecule has 0 N–H and O–H groups in total. The number of methoxy groups -OCH3 is 1. The zero-order chi connectivity index (χ0) is 18.5. The largest absolute Gasteiger partial charge is 0.497 e. The number of aromatic nitrogens is 3. The molecule has 6 heteroatoms. The van der Waals surface area contributed by atoms with Crippen molar-refractivity contribution < 1.29 is 4.74 Å². The summed E-state index contributed by atoms with van der Waals surface area (Å²) in [6.45, 7) is 7.56. The highest BCUT2D eigenvalue weighted by molar-refractivity contribution is 7.98. The summed E-state index contributed by atoms with van der Waals surface area (Å²) in [5.41, 5.74) is 2.40. The lowest BCUT2D eigenvalue weighted by Crippen LogP contribution is -2.01. The average Bonchev–Trinajstić information content (AvgIpc) is 3.28. The van der Waals surface area contributed by atoms with Crippen molar-refractivity contribution in [2.75, 3.05) is 7.11 Å². The van der Waals surface area contributed by atoms with E-state index in [4.69, 9.17) is 4.74 Å². The molecule has 0 aliphatic carbocycles. The third-order valence-corrected chi connectivity index (χ3v) is 6.38. The van der Waals surface area contributed by atoms with E-state index in [1.807, 2.05) is 12.1 Å². The fourth-order valence-electron chi connectivity index (χ4n) is 2.72. The Morgan fingerprint density at radius 3 is 2.77 bits per heavy atom. The normalized spacial score (nSPS) is 11.3. The van der Waals surface area contributed by atoms with Crippen molar-refractivity contribution in [1.82, 2.24) is 14.8 Å². The van der Waals surface area contributed by atoms with Crippen molar-refractivity contribution in [3.05, 3.63) is 46.2 Å². The van der Waals surface area contributed by atoms with Crippen LogP contribution in [0.1, 0.15) is 43.6 Å². The summed E-state index contributed by atoms with van der Waals surface area (Å²) in [6.07, 6.45) is 1.05. The zero-order valence-electron chi connectivity index (χ0n) is 15.7. The third-order valence-electron chi connectivity index (χ3n) is 4.11. The van der Waals surface area contributed by atoms with Crippen LogP contribution < -0.4 is 4.74 Å². The van der Waals surface area contributed by atoms with Gasteiger partial charge in [-0.05, 0) is 36.1 Å². The summed E-state index contributed by atoms with van der Waals surface area (Å²) >= 11 is 3.53. The maximum atomic E-state index is 5.31. The Morgan fingerprint density at radius 1 is 1.23 bits per heavy atom. The first kappa shape index (κ1) is 19.0. The molecule has 0 spiro atoms. The summed E-state index contributed by atoms with van der Waals surface area (Å²) in [7, 11) is 1.70. The number of thioether (sulfide) groups is 1. The van der Waals surface area contributed by atoms with Crippen LogP contribution in [0, 0.1) is 0 Å². The highest BCUT2D eigenvalue weighted by Gasteiger charge is 2.16. The molecule has 4 nitrogen and oxygen atoms in total. The van der Waals surface area contributed by atoms with Crippen LogP contribution in [-0.2, 0) is 12.3 Å². The molecule has 138 valence electrons. The first-order chi connectivity index (χ1) is 12.6. The molecule has 0 aliphatic heterocycles. The van der Waals surface area contributed by atoms with E-state index in [0.717, 1.165) is 35.4 Å². The van der Waals surface area contributed by atoms with Gasteiger partial charge >= 0.3 is 0 Å². The average molecular weight is 388 g/mol. The molecule has 0 aliphatic rings. The molecule has 0 saturated carbocycles. The van der Waals surface area contributed by atoms with Crippen molar-refractivity contribution in [2.24, 2.45) is 0 Å². The summed E-state index contributed by atoms with van der Waals surface area (Å²) in [6, 6.07) is 10.4. The number of ether oxygens (including phenoxy) is 1. The molecule has 1 aromatic carbocycles. The number of hydrogen-bond donors (Lipinski definition) is 0. The lowest BCUT2D eigenvalue weighted by molar-refractivity contribution is 0.414. The Labute approximate surface area is 163 Å². The van der Waals surface area contributed by atoms with Crippen molar-refractivity contribution in [3.63, 3.8) is 0 Å². The van der Waals surface area contributed by atoms with Gasteiger partial charge in [0.2, 0.25) is 0 Å². The van der Waals surface area contributed by atoms with Crippen LogP contribution in [0.25, 0.3) is 11.4 Å². The van der Waals surface area contributed by atoms with Crippen molar-refractivity contribution in [1.29, 1.82) is 0 Å². The van der Waals surface area contributed by atoms with Gasteiger partial charge < -0.3 is 9.30 Å². The molecule has 0 fully saturated rings. The van der Waals surface area contributed by atoms with Crippen LogP contribution in [0.2, 0.25) is 0 Å². The highest BCUT2D eigenvalue weighted by Crippen LogP contribution is 2.32. The monoisotopic (exact) mass is 387 g/mol. The van der Waals surface area contributed by atoms with E-state index >= 15 is 0 Å². The Kier molecular flexibility index (Phi) is 6.38. The van der Waals surface area contributed by atoms with Gasteiger partial charge in [-0.2, -0.15) is 0 Å². The summed E-state index contributed by atoms with van der Waals surface area (Å²) in [5, 5.41) is 12.1. The van der Waals surface area contributed by atoms with Crippen LogP contribution in [0.5, 0.6) is 5.75 Å². The smallest absolute Gasteiger partial charge is 0.191 e. The van der Waals surface area contributed by atoms with Gasteiger partial charge in [0, 0.05) is 28.1 Å². The lowest BCUT2D eigenvalue weighted by atomic mass is 10.1. The molecular weight excluding hydrogens is 362 g/mol. The van der Waals surface area contributed by atoms with E-state index in [1.165, 1.54) is 16.0 Å². The number of thiophene rings is 1. The second kappa shape index (κ2) is 8.73. The van der Waals surface area contributed by atoms with Gasteiger partial charge in [-0.1, -0.05) is 44.7 Å². The van der Waals surface area contributed by atoms with Crippen LogP contribution in [0.4, 0.5) is 0 Å². The second-order valence-electron chi connectivity index (χ2n) is 6.49. The highest BCUT2D eigenvalue weighted by atomic mass is 32.2. The molecule has 0 bridgehead atoms. The van der Waals surface area contributed by atoms with Gasteiger partial charge in [-0.3, -0.25) is 0 Å². The topological polar surface area (TPSA) is 39.9 Å². The number of nitrogens with zero attached hydrogens (tertiary/aromatic N) is 3. The van der Waals surface area contributed by atoms with E-state index in [-0.39, 0.29) is 0 Å². The van der Waals surface area contributed by atoms with Gasteiger partial charge in [-0.25, -0.2) is 0 Å². The minimum atomic E-state index is 0.540. The Hall–Kier alpha value is -1.79. The van der Waals surface area contributed by atoms with Crippen molar-refractivity contribution >= 4 is 23.1 Å². The number of hydrogen-bond acceptors (Lipinski definition) is 5. The predicted octanol–water partition coefficient (Wildman–Crippen LogP) is 5.84. The van der Waals surface area contributed by atoms with E-state index in [9.17, 15) is 0 Å². The van der Waals surface area contributed by atoms with Crippen LogP contribution in [-0.4, -0.2) is 21.9 Å². The van der Waals surface area contributed by atoms with E-state index < -0.39 is 0 Å². The summed E-state index contributed by atoms with van der Waals surface area (Å²) < 4.78 is 7.56. The zero-order valence-corrected chi connectivity index (χ0v) is 17.4. The standard InChI is InChI=1S/C20H25N3OS2/c1-5-9-23-19(16-11-18(14(2)3)25-13-16)21-22-20(23)26-12-15-7-6-8-17(10-15)24-4/h6-8,10-11,13-14H,5,9,12H2,1-4H3. The molecule has 0 amide bonds. The third kappa shape index (κ3) is 4.30. The van der Waals surface area contributed by atoms with Crippen LogP contribution in [0.15, 0.2) is 40.9 Å². The molecule has 26 heavy (non-hydrogen) atoms. The first-order valence-corrected chi connectivity index (χ1v) is 10.8. The van der Waals surface area contributed by atoms with Gasteiger partial charge in [0.15, 0.2) is 11.0 Å². The Balaban J connectivity index is 1.82. The second-order valence-corrected chi connectivity index (χ2v) is 8.38. The maximum Gasteiger partial charge on any atom is 0.191 e. The molecule has 2 heterocycles. The van der Waals surface area contributed by atoms with E-state index in [2.05, 4.69) is 59.1 Å². The molecule has 0 saturated heterocycles. The number of benzene rings is 1. The van der Waals surface area contributed by atoms with E-state index in [1.54, 1.807) is 30.2 Å². The quantitative estimate of drug-likeness (QED) is 0.455. The lowest BCUT2D eigenvalue weighted by Gasteiger charge is -2.08. The molecule has 3 aromatic rings. The molecule has 0 atom stereocenters. The minimum Gasteiger partial charge on any atom is -0.497 e. The molecule has 0 radical (unpaired) electrons. The first-order valence-electron chi connectivity index (χ1n) is 8.90. The van der Waals surface area contributed by atoms with Gasteiger partial charge in [0.05, 0.1) is 7.11 Å². The summed E-state index contributed by atoms with van der Waals surface area (Å²) in [4.78, 5) is 1.39. The van der Waals surface area contributed by atoms with Crippen LogP contribution in [0.3, 0.4) is 0 Å². The molecular formula is C20H25N3OS2. The Bertz CT molecular complexity index is 854. The summed E-state index contributed by atoms with van der Waals surface area (Å²) in [5.74, 6) is 3.25. The predicted molar refractivity (Wildman–Crippen MR) is 110 cm³/mol. The van der Waals surface area contributed by atoms with E-state index in [0.29, 0.717) is 5.92 Å². The minimum absolute atomic E-state index is 0.540. The molecule has 2 aromatic heterocycles. The number of rotatable bonds is 8. The van der Waals surface area contributed by atoms with Gasteiger partial charge in [0.1, 0.15) is 5.75 Å². The van der Waals surface area contributed by atoms with Crippen molar-refractivity contribution in [2.45, 2.75) is 50.6 Å². The molecule has 0 unspecified atom stereocenters. The fourth-order valence-corrected chi connectivity index (χ4v) is 4.53.